The molecular weight excluding hydrogens is 440 g/mol. The number of Topliss-reactive ketones (excluding diaryl/α,β-unsaturated/α-hetero) is 2. The Morgan fingerprint density at radius 3 is 2.49 bits per heavy atom. The molecule has 1 unspecified atom stereocenters. The van der Waals surface area contributed by atoms with E-state index < -0.39 is 0 Å². The standard InChI is InChI=1S/C29H28N2O4/c32-24-12-7-13-27-29(24)22(31-35-27)14-15-25(33)28-23(30-18-19-8-3-1-4-9-19)16-21(17-26(28)34)20-10-5-2-6-11-20/h1-6,8-11,21,33H,7,12-18H2. The average Bonchev–Trinajstić information content (AvgIpc) is 3.31. The second-order valence-corrected chi connectivity index (χ2v) is 9.21. The first-order valence-corrected chi connectivity index (χ1v) is 12.2. The average molecular weight is 469 g/mol. The molecule has 6 heteroatoms. The van der Waals surface area contributed by atoms with Gasteiger partial charge in [0.2, 0.25) is 0 Å². The Morgan fingerprint density at radius 2 is 1.71 bits per heavy atom. The van der Waals surface area contributed by atoms with Gasteiger partial charge < -0.3 is 9.63 Å². The van der Waals surface area contributed by atoms with E-state index in [1.54, 1.807) is 0 Å². The lowest BCUT2D eigenvalue weighted by atomic mass is 9.78. The number of benzene rings is 2. The van der Waals surface area contributed by atoms with E-state index in [-0.39, 0.29) is 29.7 Å². The number of aliphatic hydroxyl groups excluding tert-OH is 1. The molecule has 1 aromatic heterocycles. The van der Waals surface area contributed by atoms with Crippen molar-refractivity contribution < 1.29 is 19.2 Å². The third-order valence-electron chi connectivity index (χ3n) is 6.81. The van der Waals surface area contributed by atoms with E-state index in [0.717, 1.165) is 17.5 Å². The maximum atomic E-state index is 13.3. The van der Waals surface area contributed by atoms with Crippen LogP contribution in [0, 0.1) is 0 Å². The van der Waals surface area contributed by atoms with Gasteiger partial charge in [-0.05, 0) is 29.9 Å². The number of aliphatic imine (C=N–C) groups is 1. The molecule has 0 radical (unpaired) electrons. The summed E-state index contributed by atoms with van der Waals surface area (Å²) in [6, 6.07) is 19.9. The second-order valence-electron chi connectivity index (χ2n) is 9.21. The van der Waals surface area contributed by atoms with Crippen molar-refractivity contribution >= 4 is 17.3 Å². The number of rotatable bonds is 6. The summed E-state index contributed by atoms with van der Waals surface area (Å²) in [6.07, 6.45) is 3.41. The van der Waals surface area contributed by atoms with Crippen LogP contribution < -0.4 is 0 Å². The molecule has 6 nitrogen and oxygen atoms in total. The number of fused-ring (bicyclic) bond motifs is 1. The van der Waals surface area contributed by atoms with Gasteiger partial charge in [-0.15, -0.1) is 0 Å². The zero-order valence-corrected chi connectivity index (χ0v) is 19.6. The van der Waals surface area contributed by atoms with Gasteiger partial charge in [-0.2, -0.15) is 0 Å². The zero-order valence-electron chi connectivity index (χ0n) is 19.6. The van der Waals surface area contributed by atoms with Crippen LogP contribution in [-0.2, 0) is 24.2 Å². The number of carbonyl (C=O) groups excluding carboxylic acids is 2. The number of nitrogens with zero attached hydrogens (tertiary/aromatic N) is 2. The number of aromatic nitrogens is 1. The normalized spacial score (nSPS) is 20.7. The van der Waals surface area contributed by atoms with Crippen LogP contribution in [0.5, 0.6) is 0 Å². The number of aliphatic hydroxyl groups is 1. The third kappa shape index (κ3) is 5.02. The molecule has 0 bridgehead atoms. The van der Waals surface area contributed by atoms with E-state index in [1.165, 1.54) is 0 Å². The number of hydrogen-bond acceptors (Lipinski definition) is 6. The Balaban J connectivity index is 1.42. The van der Waals surface area contributed by atoms with Crippen LogP contribution in [-0.4, -0.2) is 27.5 Å². The summed E-state index contributed by atoms with van der Waals surface area (Å²) in [6.45, 7) is 0.438. The molecule has 1 N–H and O–H groups in total. The Bertz CT molecular complexity index is 1290. The molecule has 5 rings (SSSR count). The summed E-state index contributed by atoms with van der Waals surface area (Å²) in [5, 5.41) is 15.2. The first-order chi connectivity index (χ1) is 17.1. The number of aryl methyl sites for hydroxylation is 2. The van der Waals surface area contributed by atoms with Crippen molar-refractivity contribution in [3.63, 3.8) is 0 Å². The van der Waals surface area contributed by atoms with Crippen LogP contribution in [0.1, 0.15) is 71.0 Å². The Morgan fingerprint density at radius 1 is 0.971 bits per heavy atom. The lowest BCUT2D eigenvalue weighted by Crippen LogP contribution is -2.27. The van der Waals surface area contributed by atoms with Gasteiger partial charge in [0.1, 0.15) is 11.5 Å². The number of hydrogen-bond donors (Lipinski definition) is 1. The van der Waals surface area contributed by atoms with Gasteiger partial charge in [0, 0.05) is 32.1 Å². The molecule has 1 heterocycles. The van der Waals surface area contributed by atoms with Gasteiger partial charge >= 0.3 is 0 Å². The maximum absolute atomic E-state index is 13.3. The SMILES string of the molecule is O=C1CC(c2ccccc2)CC(=NCc2ccccc2)C1=C(O)CCc1noc2c1C(=O)CCC2. The van der Waals surface area contributed by atoms with E-state index in [1.807, 2.05) is 60.7 Å². The summed E-state index contributed by atoms with van der Waals surface area (Å²) < 4.78 is 5.37. The topological polar surface area (TPSA) is 92.8 Å². The molecule has 1 saturated carbocycles. The highest BCUT2D eigenvalue weighted by Crippen LogP contribution is 2.34. The van der Waals surface area contributed by atoms with Crippen LogP contribution in [0.15, 0.2) is 81.5 Å². The molecule has 1 fully saturated rings. The summed E-state index contributed by atoms with van der Waals surface area (Å²) in [7, 11) is 0. The molecule has 0 aliphatic heterocycles. The Kier molecular flexibility index (Phi) is 6.70. The largest absolute Gasteiger partial charge is 0.511 e. The van der Waals surface area contributed by atoms with Crippen molar-refractivity contribution in [2.24, 2.45) is 4.99 Å². The van der Waals surface area contributed by atoms with Gasteiger partial charge in [-0.3, -0.25) is 14.6 Å². The van der Waals surface area contributed by atoms with Crippen molar-refractivity contribution in [2.75, 3.05) is 0 Å². The van der Waals surface area contributed by atoms with Gasteiger partial charge in [-0.25, -0.2) is 0 Å². The summed E-state index contributed by atoms with van der Waals surface area (Å²) in [4.78, 5) is 30.5. The van der Waals surface area contributed by atoms with Crippen LogP contribution in [0.4, 0.5) is 0 Å². The molecule has 0 spiro atoms. The van der Waals surface area contributed by atoms with Crippen molar-refractivity contribution in [3.8, 4) is 0 Å². The first-order valence-electron chi connectivity index (χ1n) is 12.2. The Labute approximate surface area is 204 Å². The molecule has 0 amide bonds. The molecule has 0 saturated heterocycles. The molecule has 1 atom stereocenters. The number of ketones is 2. The minimum Gasteiger partial charge on any atom is -0.511 e. The third-order valence-corrected chi connectivity index (χ3v) is 6.81. The van der Waals surface area contributed by atoms with E-state index >= 15 is 0 Å². The molecule has 3 aromatic rings. The van der Waals surface area contributed by atoms with Crippen molar-refractivity contribution in [1.29, 1.82) is 0 Å². The van der Waals surface area contributed by atoms with E-state index in [0.29, 0.717) is 67.0 Å². The number of allylic oxidation sites excluding steroid dienone is 2. The van der Waals surface area contributed by atoms with Crippen LogP contribution >= 0.6 is 0 Å². The highest BCUT2D eigenvalue weighted by atomic mass is 16.5. The molecular formula is C29H28N2O4. The smallest absolute Gasteiger partial charge is 0.168 e. The van der Waals surface area contributed by atoms with Crippen molar-refractivity contribution in [2.45, 2.75) is 57.4 Å². The summed E-state index contributed by atoms with van der Waals surface area (Å²) in [5.41, 5.74) is 4.21. The zero-order chi connectivity index (χ0) is 24.2. The minimum absolute atomic E-state index is 0.00771. The van der Waals surface area contributed by atoms with Crippen molar-refractivity contribution in [1.82, 2.24) is 5.16 Å². The highest BCUT2D eigenvalue weighted by Gasteiger charge is 2.33. The summed E-state index contributed by atoms with van der Waals surface area (Å²) >= 11 is 0. The van der Waals surface area contributed by atoms with Crippen LogP contribution in [0.2, 0.25) is 0 Å². The maximum Gasteiger partial charge on any atom is 0.168 e. The van der Waals surface area contributed by atoms with E-state index in [2.05, 4.69) is 5.16 Å². The van der Waals surface area contributed by atoms with Crippen LogP contribution in [0.3, 0.4) is 0 Å². The Hall–Kier alpha value is -3.80. The summed E-state index contributed by atoms with van der Waals surface area (Å²) in [5.74, 6) is 0.600. The fourth-order valence-corrected chi connectivity index (χ4v) is 5.01. The van der Waals surface area contributed by atoms with Gasteiger partial charge in [0.05, 0.1) is 29.1 Å². The second kappa shape index (κ2) is 10.2. The molecule has 2 aliphatic rings. The predicted molar refractivity (Wildman–Crippen MR) is 133 cm³/mol. The number of carbonyl (C=O) groups is 2. The molecule has 178 valence electrons. The molecule has 2 aliphatic carbocycles. The van der Waals surface area contributed by atoms with Crippen molar-refractivity contribution in [3.05, 3.63) is 100 Å². The minimum atomic E-state index is -0.104. The first kappa shape index (κ1) is 23.0. The highest BCUT2D eigenvalue weighted by molar-refractivity contribution is 6.24. The monoisotopic (exact) mass is 468 g/mol. The lowest BCUT2D eigenvalue weighted by molar-refractivity contribution is -0.116. The van der Waals surface area contributed by atoms with E-state index in [4.69, 9.17) is 9.52 Å². The lowest BCUT2D eigenvalue weighted by Gasteiger charge is -2.26. The van der Waals surface area contributed by atoms with E-state index in [9.17, 15) is 14.7 Å². The van der Waals surface area contributed by atoms with Gasteiger partial charge in [0.25, 0.3) is 0 Å². The van der Waals surface area contributed by atoms with Gasteiger partial charge in [0.15, 0.2) is 11.6 Å². The van der Waals surface area contributed by atoms with Crippen LogP contribution in [0.25, 0.3) is 0 Å². The van der Waals surface area contributed by atoms with Gasteiger partial charge in [-0.1, -0.05) is 65.8 Å². The molecule has 2 aromatic carbocycles. The fraction of sp³-hybridized carbons (Fsp3) is 0.310. The molecule has 35 heavy (non-hydrogen) atoms. The fourth-order valence-electron chi connectivity index (χ4n) is 5.01. The predicted octanol–water partition coefficient (Wildman–Crippen LogP) is 5.73. The quantitative estimate of drug-likeness (QED) is 0.369.